The molecule has 0 bridgehead atoms. The maximum absolute atomic E-state index is 13.4. The predicted octanol–water partition coefficient (Wildman–Crippen LogP) is 18.7. The summed E-state index contributed by atoms with van der Waals surface area (Å²) in [5.74, 6) is 7.25. The van der Waals surface area contributed by atoms with E-state index in [1.165, 1.54) is 116 Å². The van der Waals surface area contributed by atoms with Crippen molar-refractivity contribution in [2.45, 2.75) is 321 Å². The molecule has 127 heavy (non-hydrogen) atoms. The standard InChI is InChI=1S/C26H33N7O2.C24H35N5O2.C21H29ClN4O2.C13H25NO2.C8H5Cl2N3.C3H7N/c34-25(27-18-20-10-14-33(35)15-11-20)22(16-19-6-2-1-3-7-19)29-23-17-24(32-12-4-5-13-32)31-26(30-23)28-21-8-9-21;1-24(2,3)31-22(30)19(15-17-9-5-4-6-10-17)26-20-16-21(29-13-7-8-14-29)28-23(27-20)25-18-11-12-18;1-21(2,3)28-19(27)16(13-15-9-5-4-6-10-15)23-17-14-18(25-20(22)24-17)26-11-7-8-12-26;1-13(2,3)16-12(15)11(14)9-10-7-5-4-6-8-10;9-6-5-7(12-8(10)11-6)13-3-1-2-4-13;4-3-1-2-3/h4-5,10-15,17,19,21-22H,1-3,6-9,16,18H2,(H3-,27,28,29,30,31,34,35);7-8,13-14,16-19H,4-6,9-12,15H2,1-3H3,(H2,25,26,27,28);7-8,11-12,14-16H,4-6,9-10,13H2,1-3H3,(H,23,24,25);10-11H,4-9,14H2,1-3H3;1-5H;3H,1-2,4H2/p+1/t22-;19-;16-;11-;;/m1110../s1. The zero-order chi connectivity index (χ0) is 90.5. The fourth-order valence-corrected chi connectivity index (χ4v) is 16.3. The van der Waals surface area contributed by atoms with Crippen LogP contribution in [0.3, 0.4) is 0 Å². The van der Waals surface area contributed by atoms with Gasteiger partial charge in [0.25, 0.3) is 0 Å². The quantitative estimate of drug-likeness (QED) is 0.00549. The third-order valence-electron chi connectivity index (χ3n) is 22.6. The van der Waals surface area contributed by atoms with Gasteiger partial charge < -0.3 is 75.8 Å². The highest BCUT2D eigenvalue weighted by Crippen LogP contribution is 2.35. The number of rotatable bonds is 28. The molecule has 29 nitrogen and oxygen atoms in total. The third kappa shape index (κ3) is 35.9. The van der Waals surface area contributed by atoms with Gasteiger partial charge in [-0.1, -0.05) is 140 Å². The first-order valence-corrected chi connectivity index (χ1v) is 47.0. The van der Waals surface area contributed by atoms with Crippen molar-refractivity contribution in [3.8, 4) is 23.3 Å². The number of hydrogen-bond acceptors (Lipinski definition) is 23. The summed E-state index contributed by atoms with van der Waals surface area (Å²) < 4.78 is 25.2. The Labute approximate surface area is 764 Å². The minimum Gasteiger partial charge on any atom is -0.459 e. The minimum atomic E-state index is -0.538. The average Bonchev–Trinajstić information content (AvgIpc) is 1.79. The molecular weight excluding hydrogens is 1670 g/mol. The first kappa shape index (κ1) is 97.7. The number of nitrogens with one attached hydrogen (secondary N) is 6. The molecule has 7 saturated carbocycles. The monoisotopic (exact) mass is 1800 g/mol. The van der Waals surface area contributed by atoms with Gasteiger partial charge in [0, 0.05) is 115 Å². The van der Waals surface area contributed by atoms with E-state index in [0.29, 0.717) is 94.5 Å². The molecule has 7 fully saturated rings. The molecule has 0 saturated heterocycles. The number of nitrogens with zero attached hydrogens (tertiary/aromatic N) is 13. The number of ether oxygens (including phenoxy) is 3. The van der Waals surface area contributed by atoms with Crippen molar-refractivity contribution in [2.24, 2.45) is 35.1 Å². The Kier molecular flexibility index (Phi) is 36.9. The lowest BCUT2D eigenvalue weighted by Gasteiger charge is -2.29. The highest BCUT2D eigenvalue weighted by Gasteiger charge is 2.34. The van der Waals surface area contributed by atoms with Crippen LogP contribution >= 0.6 is 34.8 Å². The second-order valence-corrected chi connectivity index (χ2v) is 38.7. The molecule has 4 atom stereocenters. The molecule has 9 heterocycles. The van der Waals surface area contributed by atoms with Crippen LogP contribution in [0, 0.1) is 23.7 Å². The summed E-state index contributed by atoms with van der Waals surface area (Å²) in [6.07, 6.45) is 53.1. The molecule has 32 heteroatoms. The Morgan fingerprint density at radius 1 is 0.425 bits per heavy atom. The Bertz CT molecular complexity index is 4780. The molecule has 9 aromatic rings. The van der Waals surface area contributed by atoms with Crippen molar-refractivity contribution in [2.75, 3.05) is 26.6 Å². The van der Waals surface area contributed by atoms with Crippen LogP contribution in [-0.2, 0) is 39.9 Å². The largest absolute Gasteiger partial charge is 0.459 e. The van der Waals surface area contributed by atoms with Gasteiger partial charge in [0.05, 0.1) is 0 Å². The van der Waals surface area contributed by atoms with Crippen LogP contribution in [0.5, 0.6) is 0 Å². The number of pyridine rings is 1. The van der Waals surface area contributed by atoms with E-state index in [-0.39, 0.29) is 34.4 Å². The molecule has 688 valence electrons. The summed E-state index contributed by atoms with van der Waals surface area (Å²) >= 11 is 17.5. The highest BCUT2D eigenvalue weighted by molar-refractivity contribution is 6.32. The molecule has 0 unspecified atom stereocenters. The Morgan fingerprint density at radius 2 is 0.740 bits per heavy atom. The predicted molar refractivity (Wildman–Crippen MR) is 499 cm³/mol. The zero-order valence-electron chi connectivity index (χ0n) is 75.5. The lowest BCUT2D eigenvalue weighted by atomic mass is 9.84. The van der Waals surface area contributed by atoms with Crippen LogP contribution in [0.1, 0.15) is 261 Å². The van der Waals surface area contributed by atoms with E-state index in [1.54, 1.807) is 41.2 Å². The van der Waals surface area contributed by atoms with Crippen molar-refractivity contribution in [1.82, 2.24) is 63.5 Å². The van der Waals surface area contributed by atoms with Crippen LogP contribution in [0.15, 0.2) is 147 Å². The number of carbonyl (C=O) groups excluding carboxylic acids is 4. The van der Waals surface area contributed by atoms with E-state index in [2.05, 4.69) is 66.8 Å². The molecular formula is C95H135Cl3N21O8+. The van der Waals surface area contributed by atoms with Crippen LogP contribution in [0.2, 0.25) is 15.7 Å². The van der Waals surface area contributed by atoms with E-state index in [0.717, 1.165) is 99.0 Å². The number of nitrogens with two attached hydrogens (primary N) is 2. The Morgan fingerprint density at radius 3 is 1.09 bits per heavy atom. The molecule has 0 aliphatic heterocycles. The number of carbonyl (C=O) groups is 4. The van der Waals surface area contributed by atoms with E-state index >= 15 is 0 Å². The van der Waals surface area contributed by atoms with Gasteiger partial charge in [-0.15, -0.1) is 0 Å². The van der Waals surface area contributed by atoms with E-state index in [1.807, 2.05) is 186 Å². The topological polar surface area (TPSA) is 367 Å². The summed E-state index contributed by atoms with van der Waals surface area (Å²) in [7, 11) is 0. The number of anilines is 5. The SMILES string of the molecule is CC(C)(C)OC(=O)[C@@H](CC1CCCCC1)Nc1cc(-n2cccc2)nc(Cl)n1.CC(C)(C)OC(=O)[C@@H](CC1CCCCC1)Nc1cc(-n2cccc2)nc(NC2CC2)n1.CC(C)(C)OC(=O)[C@@H](N)CC1CCCCC1.Clc1cc(-n2cccc2)nc(Cl)n1.NC1CC1.O=C(NCc1cc[n+](O)cc1)[C@@H](CC1CCCCC1)Nc1cc(-n2cccc2)nc(NC2CC2)n1. The Hall–Kier alpha value is -9.94. The van der Waals surface area contributed by atoms with E-state index < -0.39 is 41.0 Å². The van der Waals surface area contributed by atoms with Crippen LogP contribution in [0.4, 0.5) is 29.4 Å². The zero-order valence-corrected chi connectivity index (χ0v) is 77.8. The molecule has 1 amide bonds. The molecule has 0 aromatic carbocycles. The minimum absolute atomic E-state index is 0.0471. The molecule has 16 rings (SSSR count). The summed E-state index contributed by atoms with van der Waals surface area (Å²) in [5, 5.41) is 30.0. The lowest BCUT2D eigenvalue weighted by Crippen LogP contribution is -2.41. The third-order valence-corrected chi connectivity index (χ3v) is 23.1. The van der Waals surface area contributed by atoms with Crippen LogP contribution in [-0.4, -0.2) is 146 Å². The summed E-state index contributed by atoms with van der Waals surface area (Å²) in [5.41, 5.74) is 10.5. The van der Waals surface area contributed by atoms with E-state index in [4.69, 9.17) is 65.5 Å². The van der Waals surface area contributed by atoms with Gasteiger partial charge in [0.15, 0.2) is 0 Å². The summed E-state index contributed by atoms with van der Waals surface area (Å²) in [6.45, 7) is 17.4. The number of halogens is 3. The van der Waals surface area contributed by atoms with Crippen molar-refractivity contribution >= 4 is 88.0 Å². The molecule has 0 spiro atoms. The smallest absolute Gasteiger partial charge is 0.329 e. The van der Waals surface area contributed by atoms with Gasteiger partial charge in [-0.3, -0.25) is 14.8 Å². The number of hydrogen-bond donors (Lipinski definition) is 9. The summed E-state index contributed by atoms with van der Waals surface area (Å²) in [4.78, 5) is 86.0. The van der Waals surface area contributed by atoms with Gasteiger partial charge in [0.1, 0.15) is 86.8 Å². The maximum Gasteiger partial charge on any atom is 0.329 e. The number of aromatic nitrogens is 13. The highest BCUT2D eigenvalue weighted by atomic mass is 35.5. The van der Waals surface area contributed by atoms with Crippen molar-refractivity contribution in [3.05, 3.63) is 168 Å². The first-order chi connectivity index (χ1) is 60.8. The van der Waals surface area contributed by atoms with Crippen LogP contribution < -0.4 is 48.1 Å². The lowest BCUT2D eigenvalue weighted by molar-refractivity contribution is -0.904. The second-order valence-electron chi connectivity index (χ2n) is 37.7. The van der Waals surface area contributed by atoms with Gasteiger partial charge >= 0.3 is 17.9 Å². The summed E-state index contributed by atoms with van der Waals surface area (Å²) in [6, 6.07) is 26.0. The average molecular weight is 1810 g/mol. The number of amides is 1. The van der Waals surface area contributed by atoms with Crippen molar-refractivity contribution in [3.63, 3.8) is 0 Å². The fraction of sp³-hybridized carbons (Fsp3) is 0.568. The van der Waals surface area contributed by atoms with Gasteiger partial charge in [-0.2, -0.15) is 29.9 Å². The molecule has 0 radical (unpaired) electrons. The van der Waals surface area contributed by atoms with Gasteiger partial charge in [0.2, 0.25) is 40.8 Å². The van der Waals surface area contributed by atoms with Crippen LogP contribution in [0.25, 0.3) is 23.3 Å². The number of esters is 3. The molecule has 11 N–H and O–H groups in total. The first-order valence-electron chi connectivity index (χ1n) is 45.9. The fourth-order valence-electron chi connectivity index (χ4n) is 15.7. The van der Waals surface area contributed by atoms with Crippen molar-refractivity contribution in [1.29, 1.82) is 0 Å². The molecule has 9 aromatic heterocycles. The van der Waals surface area contributed by atoms with Gasteiger partial charge in [-0.25, -0.2) is 19.6 Å². The normalized spacial score (nSPS) is 17.3. The van der Waals surface area contributed by atoms with E-state index in [9.17, 15) is 24.4 Å². The molecule has 7 aliphatic carbocycles. The second kappa shape index (κ2) is 47.9. The maximum atomic E-state index is 13.4. The van der Waals surface area contributed by atoms with Gasteiger partial charge in [-0.05, 0) is 227 Å². The molecule has 7 aliphatic rings. The van der Waals surface area contributed by atoms with Crippen molar-refractivity contribution < 1.29 is 43.3 Å². The Balaban J connectivity index is 0.000000158.